The molecule has 3 aliphatic rings. The number of fused-ring (bicyclic) bond motifs is 1. The van der Waals surface area contributed by atoms with Gasteiger partial charge in [-0.2, -0.15) is 0 Å². The standard InChI is InChI=1S/C12H20N2O3S/c15-12(3-9-1-2-18(16,17)8-9)14-6-10-4-13-5-11(10)7-14/h9-11,13H,1-8H2. The fourth-order valence-corrected chi connectivity index (χ4v) is 5.33. The molecule has 3 atom stereocenters. The van der Waals surface area contributed by atoms with Crippen LogP contribution in [0.15, 0.2) is 0 Å². The van der Waals surface area contributed by atoms with Crippen molar-refractivity contribution in [3.63, 3.8) is 0 Å². The summed E-state index contributed by atoms with van der Waals surface area (Å²) in [6.07, 6.45) is 1.09. The Hall–Kier alpha value is -0.620. The van der Waals surface area contributed by atoms with Crippen LogP contribution >= 0.6 is 0 Å². The maximum atomic E-state index is 12.2. The Kier molecular flexibility index (Phi) is 3.10. The number of sulfone groups is 1. The fraction of sp³-hybridized carbons (Fsp3) is 0.917. The van der Waals surface area contributed by atoms with Gasteiger partial charge in [-0.1, -0.05) is 0 Å². The van der Waals surface area contributed by atoms with E-state index in [1.807, 2.05) is 4.90 Å². The molecule has 0 aromatic heterocycles. The molecule has 3 heterocycles. The van der Waals surface area contributed by atoms with Crippen molar-refractivity contribution in [2.24, 2.45) is 17.8 Å². The van der Waals surface area contributed by atoms with Crippen LogP contribution < -0.4 is 5.32 Å². The topological polar surface area (TPSA) is 66.5 Å². The monoisotopic (exact) mass is 272 g/mol. The number of likely N-dealkylation sites (tertiary alicyclic amines) is 1. The Morgan fingerprint density at radius 1 is 1.22 bits per heavy atom. The molecule has 3 unspecified atom stereocenters. The van der Waals surface area contributed by atoms with Crippen LogP contribution in [0.25, 0.3) is 0 Å². The maximum Gasteiger partial charge on any atom is 0.222 e. The van der Waals surface area contributed by atoms with Gasteiger partial charge in [0.15, 0.2) is 9.84 Å². The number of carbonyl (C=O) groups is 1. The number of carbonyl (C=O) groups excluding carboxylic acids is 1. The van der Waals surface area contributed by atoms with Crippen LogP contribution in [0.3, 0.4) is 0 Å². The summed E-state index contributed by atoms with van der Waals surface area (Å²) in [4.78, 5) is 14.1. The van der Waals surface area contributed by atoms with Crippen molar-refractivity contribution in [2.45, 2.75) is 12.8 Å². The molecule has 3 saturated heterocycles. The van der Waals surface area contributed by atoms with Gasteiger partial charge < -0.3 is 10.2 Å². The highest BCUT2D eigenvalue weighted by Gasteiger charge is 2.39. The second-order valence-corrected chi connectivity index (χ2v) is 8.18. The zero-order valence-corrected chi connectivity index (χ0v) is 11.3. The number of nitrogens with zero attached hydrogens (tertiary/aromatic N) is 1. The highest BCUT2D eigenvalue weighted by Crippen LogP contribution is 2.28. The molecule has 102 valence electrons. The first-order valence-electron chi connectivity index (χ1n) is 6.72. The lowest BCUT2D eigenvalue weighted by molar-refractivity contribution is -0.131. The highest BCUT2D eigenvalue weighted by molar-refractivity contribution is 7.91. The van der Waals surface area contributed by atoms with Crippen LogP contribution in [-0.2, 0) is 14.6 Å². The lowest BCUT2D eigenvalue weighted by atomic mass is 10.0. The third-order valence-electron chi connectivity index (χ3n) is 4.53. The van der Waals surface area contributed by atoms with E-state index in [0.717, 1.165) is 26.2 Å². The van der Waals surface area contributed by atoms with Crippen molar-refractivity contribution in [1.29, 1.82) is 0 Å². The molecule has 0 spiro atoms. The molecule has 0 bridgehead atoms. The number of hydrogen-bond donors (Lipinski definition) is 1. The van der Waals surface area contributed by atoms with Gasteiger partial charge in [-0.05, 0) is 24.2 Å². The van der Waals surface area contributed by atoms with Crippen LogP contribution in [0.4, 0.5) is 0 Å². The fourth-order valence-electron chi connectivity index (χ4n) is 3.47. The zero-order chi connectivity index (χ0) is 12.8. The van der Waals surface area contributed by atoms with Gasteiger partial charge in [-0.15, -0.1) is 0 Å². The van der Waals surface area contributed by atoms with Gasteiger partial charge in [0.1, 0.15) is 0 Å². The Morgan fingerprint density at radius 3 is 2.44 bits per heavy atom. The first kappa shape index (κ1) is 12.4. The van der Waals surface area contributed by atoms with Crippen molar-refractivity contribution in [3.8, 4) is 0 Å². The number of hydrogen-bond acceptors (Lipinski definition) is 4. The van der Waals surface area contributed by atoms with Crippen molar-refractivity contribution in [2.75, 3.05) is 37.7 Å². The molecule has 0 aromatic carbocycles. The van der Waals surface area contributed by atoms with E-state index in [0.29, 0.717) is 24.7 Å². The molecule has 1 N–H and O–H groups in total. The molecule has 0 saturated carbocycles. The van der Waals surface area contributed by atoms with Crippen LogP contribution in [0.1, 0.15) is 12.8 Å². The summed E-state index contributed by atoms with van der Waals surface area (Å²) in [5.41, 5.74) is 0. The SMILES string of the molecule is O=C(CC1CCS(=O)(=O)C1)N1CC2CNCC2C1. The van der Waals surface area contributed by atoms with E-state index in [4.69, 9.17) is 0 Å². The highest BCUT2D eigenvalue weighted by atomic mass is 32.2. The predicted molar refractivity (Wildman–Crippen MR) is 67.8 cm³/mol. The molecular weight excluding hydrogens is 252 g/mol. The van der Waals surface area contributed by atoms with E-state index in [1.54, 1.807) is 0 Å². The Bertz CT molecular complexity index is 436. The second kappa shape index (κ2) is 4.49. The minimum Gasteiger partial charge on any atom is -0.342 e. The minimum absolute atomic E-state index is 0.0565. The van der Waals surface area contributed by atoms with E-state index in [-0.39, 0.29) is 23.3 Å². The normalized spacial score (nSPS) is 38.0. The van der Waals surface area contributed by atoms with Crippen LogP contribution in [0.2, 0.25) is 0 Å². The Morgan fingerprint density at radius 2 is 1.89 bits per heavy atom. The third-order valence-corrected chi connectivity index (χ3v) is 6.37. The molecule has 18 heavy (non-hydrogen) atoms. The largest absolute Gasteiger partial charge is 0.342 e. The molecule has 1 amide bonds. The molecular formula is C12H20N2O3S. The lowest BCUT2D eigenvalue weighted by Crippen LogP contribution is -2.33. The number of nitrogens with one attached hydrogen (secondary N) is 1. The van der Waals surface area contributed by atoms with Gasteiger partial charge in [0.25, 0.3) is 0 Å². The summed E-state index contributed by atoms with van der Waals surface area (Å²) in [5, 5.41) is 3.35. The minimum atomic E-state index is -2.86. The zero-order valence-electron chi connectivity index (χ0n) is 10.5. The van der Waals surface area contributed by atoms with Crippen molar-refractivity contribution in [1.82, 2.24) is 10.2 Å². The first-order valence-corrected chi connectivity index (χ1v) is 8.54. The molecule has 5 nitrogen and oxygen atoms in total. The van der Waals surface area contributed by atoms with Crippen molar-refractivity contribution >= 4 is 15.7 Å². The van der Waals surface area contributed by atoms with E-state index >= 15 is 0 Å². The summed E-state index contributed by atoms with van der Waals surface area (Å²) in [6.45, 7) is 3.75. The van der Waals surface area contributed by atoms with Crippen molar-refractivity contribution in [3.05, 3.63) is 0 Å². The molecule has 0 radical (unpaired) electrons. The van der Waals surface area contributed by atoms with E-state index < -0.39 is 9.84 Å². The summed E-state index contributed by atoms with van der Waals surface area (Å²) < 4.78 is 22.7. The van der Waals surface area contributed by atoms with Gasteiger partial charge in [0, 0.05) is 32.6 Å². The van der Waals surface area contributed by atoms with Crippen LogP contribution in [0.5, 0.6) is 0 Å². The summed E-state index contributed by atoms with van der Waals surface area (Å²) in [7, 11) is -2.86. The lowest BCUT2D eigenvalue weighted by Gasteiger charge is -2.19. The second-order valence-electron chi connectivity index (χ2n) is 5.95. The summed E-state index contributed by atoms with van der Waals surface area (Å²) in [5.74, 6) is 1.91. The Balaban J connectivity index is 1.54. The van der Waals surface area contributed by atoms with E-state index in [2.05, 4.69) is 5.32 Å². The van der Waals surface area contributed by atoms with E-state index in [1.165, 1.54) is 0 Å². The quantitative estimate of drug-likeness (QED) is 0.735. The van der Waals surface area contributed by atoms with E-state index in [9.17, 15) is 13.2 Å². The number of rotatable bonds is 2. The van der Waals surface area contributed by atoms with Gasteiger partial charge in [0.2, 0.25) is 5.91 Å². The molecule has 0 aromatic rings. The van der Waals surface area contributed by atoms with Crippen LogP contribution in [-0.4, -0.2) is 56.9 Å². The first-order chi connectivity index (χ1) is 8.53. The average Bonchev–Trinajstić information content (AvgIpc) is 2.91. The van der Waals surface area contributed by atoms with Gasteiger partial charge >= 0.3 is 0 Å². The molecule has 3 aliphatic heterocycles. The van der Waals surface area contributed by atoms with Gasteiger partial charge in [-0.25, -0.2) is 8.42 Å². The summed E-state index contributed by atoms with van der Waals surface area (Å²) in [6, 6.07) is 0. The molecule has 3 fully saturated rings. The van der Waals surface area contributed by atoms with Gasteiger partial charge in [0.05, 0.1) is 11.5 Å². The average molecular weight is 272 g/mol. The van der Waals surface area contributed by atoms with Gasteiger partial charge in [-0.3, -0.25) is 4.79 Å². The predicted octanol–water partition coefficient (Wildman–Crippen LogP) is -0.511. The molecule has 0 aliphatic carbocycles. The van der Waals surface area contributed by atoms with Crippen molar-refractivity contribution < 1.29 is 13.2 Å². The van der Waals surface area contributed by atoms with Crippen LogP contribution in [0, 0.1) is 17.8 Å². The third kappa shape index (κ3) is 2.40. The summed E-state index contributed by atoms with van der Waals surface area (Å²) >= 11 is 0. The smallest absolute Gasteiger partial charge is 0.222 e. The Labute approximate surface area is 108 Å². The molecule has 6 heteroatoms. The maximum absolute atomic E-state index is 12.2. The number of amides is 1. The molecule has 3 rings (SSSR count).